The third-order valence-electron chi connectivity index (χ3n) is 5.62. The van der Waals surface area contributed by atoms with E-state index in [4.69, 9.17) is 9.47 Å². The van der Waals surface area contributed by atoms with Gasteiger partial charge in [-0.15, -0.1) is 0 Å². The first-order chi connectivity index (χ1) is 17.8. The number of benzene rings is 3. The number of urea groups is 1. The van der Waals surface area contributed by atoms with Crippen LogP contribution < -0.4 is 20.1 Å². The Hall–Kier alpha value is -4.59. The number of aryl methyl sites for hydroxylation is 2. The molecule has 0 unspecified atom stereocenters. The maximum atomic E-state index is 12.9. The van der Waals surface area contributed by atoms with Crippen molar-refractivity contribution < 1.29 is 23.9 Å². The normalized spacial score (nSPS) is 14.0. The highest BCUT2D eigenvalue weighted by Crippen LogP contribution is 2.30. The number of ether oxygens (including phenoxy) is 2. The minimum atomic E-state index is -0.654. The van der Waals surface area contributed by atoms with Gasteiger partial charge in [0.1, 0.15) is 18.8 Å². The fourth-order valence-corrected chi connectivity index (χ4v) is 3.91. The Morgan fingerprint density at radius 3 is 2.43 bits per heavy atom. The average Bonchev–Trinajstić information content (AvgIpc) is 3.11. The number of imide groups is 1. The molecule has 1 aliphatic rings. The highest BCUT2D eigenvalue weighted by atomic mass is 16.5. The molecule has 0 saturated carbocycles. The van der Waals surface area contributed by atoms with Crippen LogP contribution in [0.1, 0.15) is 29.2 Å². The Labute approximate surface area is 215 Å². The maximum Gasteiger partial charge on any atom is 0.329 e. The average molecular weight is 500 g/mol. The Bertz CT molecular complexity index is 1370. The molecule has 1 aliphatic heterocycles. The summed E-state index contributed by atoms with van der Waals surface area (Å²) >= 11 is 0. The standard InChI is InChI=1S/C29H29N3O5/c1-4-36-26-16-21(11-12-25(26)37-18-22-9-5-7-19(2)13-22)15-24-28(34)32(29(35)31-24)17-27(33)30-23-10-6-8-20(3)14-23/h5-16H,4,17-18H2,1-3H3,(H,30,33)(H,31,35)/b24-15+. The summed E-state index contributed by atoms with van der Waals surface area (Å²) in [4.78, 5) is 38.6. The van der Waals surface area contributed by atoms with Crippen LogP contribution in [-0.2, 0) is 16.2 Å². The molecule has 37 heavy (non-hydrogen) atoms. The van der Waals surface area contributed by atoms with Gasteiger partial charge in [-0.05, 0) is 67.8 Å². The lowest BCUT2D eigenvalue weighted by Crippen LogP contribution is -2.38. The molecule has 1 fully saturated rings. The Morgan fingerprint density at radius 2 is 1.70 bits per heavy atom. The maximum absolute atomic E-state index is 12.9. The summed E-state index contributed by atoms with van der Waals surface area (Å²) in [5, 5.41) is 5.25. The van der Waals surface area contributed by atoms with Crippen LogP contribution in [-0.4, -0.2) is 35.9 Å². The Balaban J connectivity index is 1.45. The number of carbonyl (C=O) groups excluding carboxylic acids is 3. The molecule has 0 aromatic heterocycles. The number of anilines is 1. The van der Waals surface area contributed by atoms with Gasteiger partial charge < -0.3 is 20.1 Å². The fraction of sp³-hybridized carbons (Fsp3) is 0.207. The molecule has 8 heteroatoms. The number of nitrogens with one attached hydrogen (secondary N) is 2. The van der Waals surface area contributed by atoms with Crippen LogP contribution in [0.5, 0.6) is 11.5 Å². The van der Waals surface area contributed by atoms with E-state index in [0.29, 0.717) is 36.0 Å². The summed E-state index contributed by atoms with van der Waals surface area (Å²) in [7, 11) is 0. The quantitative estimate of drug-likeness (QED) is 0.325. The van der Waals surface area contributed by atoms with E-state index in [-0.39, 0.29) is 5.70 Å². The molecule has 0 aliphatic carbocycles. The number of rotatable bonds is 9. The van der Waals surface area contributed by atoms with Crippen molar-refractivity contribution in [3.8, 4) is 11.5 Å². The molecule has 2 N–H and O–H groups in total. The van der Waals surface area contributed by atoms with Crippen molar-refractivity contribution in [3.05, 3.63) is 94.7 Å². The largest absolute Gasteiger partial charge is 0.490 e. The summed E-state index contributed by atoms with van der Waals surface area (Å²) in [5.41, 5.74) is 4.49. The Kier molecular flexibility index (Phi) is 7.88. The molecule has 8 nitrogen and oxygen atoms in total. The van der Waals surface area contributed by atoms with Gasteiger partial charge in [0.15, 0.2) is 11.5 Å². The molecule has 1 saturated heterocycles. The van der Waals surface area contributed by atoms with Gasteiger partial charge in [0.2, 0.25) is 5.91 Å². The first kappa shape index (κ1) is 25.5. The van der Waals surface area contributed by atoms with Crippen molar-refractivity contribution in [1.29, 1.82) is 0 Å². The highest BCUT2D eigenvalue weighted by Gasteiger charge is 2.35. The monoisotopic (exact) mass is 499 g/mol. The van der Waals surface area contributed by atoms with Crippen molar-refractivity contribution in [2.24, 2.45) is 0 Å². The van der Waals surface area contributed by atoms with Crippen LogP contribution >= 0.6 is 0 Å². The van der Waals surface area contributed by atoms with Crippen molar-refractivity contribution >= 4 is 29.6 Å². The van der Waals surface area contributed by atoms with Crippen LogP contribution in [0, 0.1) is 13.8 Å². The van der Waals surface area contributed by atoms with Crippen molar-refractivity contribution in [3.63, 3.8) is 0 Å². The molecule has 4 amide bonds. The summed E-state index contributed by atoms with van der Waals surface area (Å²) in [6, 6.07) is 20.0. The van der Waals surface area contributed by atoms with Crippen molar-refractivity contribution in [2.45, 2.75) is 27.4 Å². The van der Waals surface area contributed by atoms with E-state index in [0.717, 1.165) is 21.6 Å². The predicted molar refractivity (Wildman–Crippen MR) is 141 cm³/mol. The Morgan fingerprint density at radius 1 is 0.946 bits per heavy atom. The van der Waals surface area contributed by atoms with E-state index in [9.17, 15) is 14.4 Å². The van der Waals surface area contributed by atoms with E-state index >= 15 is 0 Å². The zero-order chi connectivity index (χ0) is 26.4. The molecular formula is C29H29N3O5. The number of hydrogen-bond donors (Lipinski definition) is 2. The van der Waals surface area contributed by atoms with Crippen LogP contribution in [0.15, 0.2) is 72.4 Å². The predicted octanol–water partition coefficient (Wildman–Crippen LogP) is 4.81. The van der Waals surface area contributed by atoms with Crippen molar-refractivity contribution in [1.82, 2.24) is 10.2 Å². The zero-order valence-electron chi connectivity index (χ0n) is 21.0. The second-order valence-electron chi connectivity index (χ2n) is 8.71. The lowest BCUT2D eigenvalue weighted by molar-refractivity contribution is -0.127. The zero-order valence-corrected chi connectivity index (χ0v) is 21.0. The lowest BCUT2D eigenvalue weighted by atomic mass is 10.1. The number of amides is 4. The van der Waals surface area contributed by atoms with E-state index < -0.39 is 24.4 Å². The second-order valence-corrected chi connectivity index (χ2v) is 8.71. The van der Waals surface area contributed by atoms with Gasteiger partial charge in [-0.1, -0.05) is 48.0 Å². The number of hydrogen-bond acceptors (Lipinski definition) is 5. The van der Waals surface area contributed by atoms with Crippen LogP contribution in [0.4, 0.5) is 10.5 Å². The van der Waals surface area contributed by atoms with Gasteiger partial charge in [-0.3, -0.25) is 9.59 Å². The van der Waals surface area contributed by atoms with E-state index in [1.165, 1.54) is 0 Å². The van der Waals surface area contributed by atoms with E-state index in [1.54, 1.807) is 36.4 Å². The first-order valence-electron chi connectivity index (χ1n) is 12.0. The summed E-state index contributed by atoms with van der Waals surface area (Å²) in [6.45, 7) is 6.22. The van der Waals surface area contributed by atoms with E-state index in [2.05, 4.69) is 16.7 Å². The smallest absolute Gasteiger partial charge is 0.329 e. The molecule has 0 atom stereocenters. The third kappa shape index (κ3) is 6.55. The minimum Gasteiger partial charge on any atom is -0.490 e. The summed E-state index contributed by atoms with van der Waals surface area (Å²) in [6.07, 6.45) is 1.55. The topological polar surface area (TPSA) is 97.0 Å². The molecule has 0 spiro atoms. The van der Waals surface area contributed by atoms with Gasteiger partial charge in [0.25, 0.3) is 5.91 Å². The van der Waals surface area contributed by atoms with Gasteiger partial charge in [0.05, 0.1) is 6.61 Å². The number of carbonyl (C=O) groups is 3. The van der Waals surface area contributed by atoms with Crippen LogP contribution in [0.3, 0.4) is 0 Å². The molecule has 190 valence electrons. The van der Waals surface area contributed by atoms with Crippen molar-refractivity contribution in [2.75, 3.05) is 18.5 Å². The molecule has 0 radical (unpaired) electrons. The van der Waals surface area contributed by atoms with E-state index in [1.807, 2.05) is 51.1 Å². The molecule has 3 aromatic carbocycles. The molecule has 4 rings (SSSR count). The summed E-state index contributed by atoms with van der Waals surface area (Å²) < 4.78 is 11.7. The second kappa shape index (κ2) is 11.4. The fourth-order valence-electron chi connectivity index (χ4n) is 3.91. The highest BCUT2D eigenvalue weighted by molar-refractivity contribution is 6.16. The lowest BCUT2D eigenvalue weighted by Gasteiger charge is -2.13. The van der Waals surface area contributed by atoms with Gasteiger partial charge >= 0.3 is 6.03 Å². The van der Waals surface area contributed by atoms with Gasteiger partial charge in [0, 0.05) is 5.69 Å². The van der Waals surface area contributed by atoms with Gasteiger partial charge in [-0.25, -0.2) is 9.69 Å². The first-order valence-corrected chi connectivity index (χ1v) is 12.0. The molecular weight excluding hydrogens is 470 g/mol. The summed E-state index contributed by atoms with van der Waals surface area (Å²) in [5.74, 6) is 0.0450. The van der Waals surface area contributed by atoms with Crippen LogP contribution in [0.25, 0.3) is 6.08 Å². The third-order valence-corrected chi connectivity index (χ3v) is 5.62. The minimum absolute atomic E-state index is 0.0734. The SMILES string of the molecule is CCOc1cc(/C=C2/NC(=O)N(CC(=O)Nc3cccc(C)c3)C2=O)ccc1OCc1cccc(C)c1. The molecule has 3 aromatic rings. The van der Waals surface area contributed by atoms with Gasteiger partial charge in [-0.2, -0.15) is 0 Å². The molecule has 1 heterocycles. The molecule has 0 bridgehead atoms. The number of nitrogens with zero attached hydrogens (tertiary/aromatic N) is 1. The van der Waals surface area contributed by atoms with Crippen LogP contribution in [0.2, 0.25) is 0 Å².